The first-order chi connectivity index (χ1) is 11.3. The van der Waals surface area contributed by atoms with Crippen LogP contribution in [0.2, 0.25) is 0 Å². The maximum atomic E-state index is 2.36. The highest BCUT2D eigenvalue weighted by molar-refractivity contribution is 4.56. The molecular formula is C22H46N+. The Labute approximate surface area is 147 Å². The van der Waals surface area contributed by atoms with Gasteiger partial charge in [0, 0.05) is 12.8 Å². The molecule has 0 atom stereocenters. The fraction of sp³-hybridized carbons (Fsp3) is 1.00. The molecule has 1 nitrogen and oxygen atoms in total. The molecule has 0 spiro atoms. The summed E-state index contributed by atoms with van der Waals surface area (Å²) in [5.41, 5.74) is 0. The van der Waals surface area contributed by atoms with Gasteiger partial charge in [-0.1, -0.05) is 84.5 Å². The van der Waals surface area contributed by atoms with E-state index in [0.29, 0.717) is 0 Å². The second-order valence-corrected chi connectivity index (χ2v) is 8.19. The van der Waals surface area contributed by atoms with Crippen LogP contribution in [0.3, 0.4) is 0 Å². The van der Waals surface area contributed by atoms with Crippen LogP contribution in [0.4, 0.5) is 0 Å². The first kappa shape index (κ1) is 21.0. The topological polar surface area (TPSA) is 0 Å². The molecule has 0 radical (unpaired) electrons. The molecule has 138 valence electrons. The Bertz CT molecular complexity index is 242. The predicted octanol–water partition coefficient (Wildman–Crippen LogP) is 7.10. The summed E-state index contributed by atoms with van der Waals surface area (Å²) in [5, 5.41) is 0. The molecule has 23 heavy (non-hydrogen) atoms. The summed E-state index contributed by atoms with van der Waals surface area (Å²) >= 11 is 0. The van der Waals surface area contributed by atoms with Gasteiger partial charge in [0.25, 0.3) is 0 Å². The number of unbranched alkanes of at least 4 members (excludes halogenated alkanes) is 12. The monoisotopic (exact) mass is 324 g/mol. The Hall–Kier alpha value is -0.0400. The van der Waals surface area contributed by atoms with E-state index in [1.54, 1.807) is 0 Å². The van der Waals surface area contributed by atoms with Crippen LogP contribution >= 0.6 is 0 Å². The van der Waals surface area contributed by atoms with Gasteiger partial charge in [-0.3, -0.25) is 0 Å². The summed E-state index contributed by atoms with van der Waals surface area (Å²) in [4.78, 5) is 0. The SMILES string of the molecule is CCCCCCCCCCCCCCC[N+]1(CCC)CCCC1. The predicted molar refractivity (Wildman–Crippen MR) is 105 cm³/mol. The summed E-state index contributed by atoms with van der Waals surface area (Å²) in [6.07, 6.45) is 23.5. The van der Waals surface area contributed by atoms with Crippen molar-refractivity contribution >= 4 is 0 Å². The fourth-order valence-electron chi connectivity index (χ4n) is 4.50. The minimum atomic E-state index is 1.37. The first-order valence-corrected chi connectivity index (χ1v) is 11.2. The standard InChI is InChI=1S/C22H46N/c1-3-5-6-7-8-9-10-11-12-13-14-15-16-20-23(19-4-2)21-17-18-22-23/h3-22H2,1-2H3/q+1. The molecule has 0 amide bonds. The minimum Gasteiger partial charge on any atom is -0.324 e. The minimum absolute atomic E-state index is 1.37. The van der Waals surface area contributed by atoms with Crippen LogP contribution in [0.1, 0.15) is 117 Å². The van der Waals surface area contributed by atoms with Gasteiger partial charge in [0.05, 0.1) is 26.2 Å². The van der Waals surface area contributed by atoms with Gasteiger partial charge in [0.15, 0.2) is 0 Å². The maximum Gasteiger partial charge on any atom is 0.0788 e. The number of quaternary nitrogens is 1. The fourth-order valence-corrected chi connectivity index (χ4v) is 4.50. The third-order valence-electron chi connectivity index (χ3n) is 5.95. The lowest BCUT2D eigenvalue weighted by molar-refractivity contribution is -0.917. The molecule has 1 rings (SSSR count). The van der Waals surface area contributed by atoms with Crippen LogP contribution in [-0.4, -0.2) is 30.7 Å². The van der Waals surface area contributed by atoms with Crippen molar-refractivity contribution in [1.82, 2.24) is 0 Å². The molecule has 1 aliphatic rings. The summed E-state index contributed by atoms with van der Waals surface area (Å²) in [6, 6.07) is 0. The van der Waals surface area contributed by atoms with Crippen LogP contribution in [0, 0.1) is 0 Å². The van der Waals surface area contributed by atoms with E-state index in [9.17, 15) is 0 Å². The summed E-state index contributed by atoms with van der Waals surface area (Å²) in [7, 11) is 0. The molecule has 1 heteroatoms. The average Bonchev–Trinajstić information content (AvgIpc) is 3.01. The van der Waals surface area contributed by atoms with E-state index >= 15 is 0 Å². The molecule has 0 bridgehead atoms. The van der Waals surface area contributed by atoms with E-state index in [0.717, 1.165) is 0 Å². The number of hydrogen-bond acceptors (Lipinski definition) is 0. The molecule has 0 N–H and O–H groups in total. The van der Waals surface area contributed by atoms with Gasteiger partial charge in [-0.05, 0) is 19.3 Å². The van der Waals surface area contributed by atoms with Crippen LogP contribution in [0.5, 0.6) is 0 Å². The van der Waals surface area contributed by atoms with E-state index < -0.39 is 0 Å². The van der Waals surface area contributed by atoms with Crippen molar-refractivity contribution < 1.29 is 4.48 Å². The maximum absolute atomic E-state index is 2.36. The quantitative estimate of drug-likeness (QED) is 0.210. The highest BCUT2D eigenvalue weighted by atomic mass is 15.4. The van der Waals surface area contributed by atoms with E-state index in [1.165, 1.54) is 133 Å². The van der Waals surface area contributed by atoms with Crippen molar-refractivity contribution in [3.63, 3.8) is 0 Å². The van der Waals surface area contributed by atoms with Crippen LogP contribution < -0.4 is 0 Å². The second kappa shape index (κ2) is 14.3. The van der Waals surface area contributed by atoms with E-state index in [4.69, 9.17) is 0 Å². The Morgan fingerprint density at radius 3 is 1.35 bits per heavy atom. The van der Waals surface area contributed by atoms with Gasteiger partial charge in [-0.2, -0.15) is 0 Å². The molecule has 0 unspecified atom stereocenters. The molecule has 1 fully saturated rings. The lowest BCUT2D eigenvalue weighted by Crippen LogP contribution is -2.46. The zero-order valence-corrected chi connectivity index (χ0v) is 16.6. The Morgan fingerprint density at radius 2 is 0.913 bits per heavy atom. The van der Waals surface area contributed by atoms with E-state index in [-0.39, 0.29) is 0 Å². The van der Waals surface area contributed by atoms with Crippen molar-refractivity contribution in [3.05, 3.63) is 0 Å². The van der Waals surface area contributed by atoms with Gasteiger partial charge >= 0.3 is 0 Å². The van der Waals surface area contributed by atoms with Crippen molar-refractivity contribution in [2.75, 3.05) is 26.2 Å². The molecule has 1 aliphatic heterocycles. The van der Waals surface area contributed by atoms with Crippen LogP contribution in [0.25, 0.3) is 0 Å². The van der Waals surface area contributed by atoms with Crippen molar-refractivity contribution in [3.8, 4) is 0 Å². The Balaban J connectivity index is 1.82. The number of hydrogen-bond donors (Lipinski definition) is 0. The molecule has 0 aliphatic carbocycles. The Kier molecular flexibility index (Phi) is 13.1. The molecule has 1 heterocycles. The summed E-state index contributed by atoms with van der Waals surface area (Å²) in [6.45, 7) is 10.5. The van der Waals surface area contributed by atoms with Crippen LogP contribution in [0.15, 0.2) is 0 Å². The van der Waals surface area contributed by atoms with Crippen molar-refractivity contribution in [2.24, 2.45) is 0 Å². The molecule has 0 aromatic carbocycles. The van der Waals surface area contributed by atoms with Gasteiger partial charge in [-0.15, -0.1) is 0 Å². The highest BCUT2D eigenvalue weighted by Gasteiger charge is 2.29. The third-order valence-corrected chi connectivity index (χ3v) is 5.95. The Morgan fingerprint density at radius 1 is 0.478 bits per heavy atom. The zero-order valence-electron chi connectivity index (χ0n) is 16.6. The number of likely N-dealkylation sites (tertiary alicyclic amines) is 1. The number of nitrogens with zero attached hydrogens (tertiary/aromatic N) is 1. The summed E-state index contributed by atoms with van der Waals surface area (Å²) < 4.78 is 1.47. The average molecular weight is 325 g/mol. The van der Waals surface area contributed by atoms with Gasteiger partial charge < -0.3 is 4.48 Å². The summed E-state index contributed by atoms with van der Waals surface area (Å²) in [5.74, 6) is 0. The van der Waals surface area contributed by atoms with E-state index in [2.05, 4.69) is 13.8 Å². The zero-order chi connectivity index (χ0) is 16.6. The first-order valence-electron chi connectivity index (χ1n) is 11.2. The molecule has 0 saturated carbocycles. The number of rotatable bonds is 16. The van der Waals surface area contributed by atoms with Crippen molar-refractivity contribution in [2.45, 2.75) is 117 Å². The molecule has 0 aromatic heterocycles. The lowest BCUT2D eigenvalue weighted by atomic mass is 10.0. The highest BCUT2D eigenvalue weighted by Crippen LogP contribution is 2.22. The van der Waals surface area contributed by atoms with Gasteiger partial charge in [0.2, 0.25) is 0 Å². The molecule has 1 saturated heterocycles. The van der Waals surface area contributed by atoms with Gasteiger partial charge in [-0.25, -0.2) is 0 Å². The lowest BCUT2D eigenvalue weighted by Gasteiger charge is -2.34. The molecular weight excluding hydrogens is 278 g/mol. The van der Waals surface area contributed by atoms with Gasteiger partial charge in [0.1, 0.15) is 0 Å². The van der Waals surface area contributed by atoms with E-state index in [1.807, 2.05) is 0 Å². The normalized spacial score (nSPS) is 17.0. The smallest absolute Gasteiger partial charge is 0.0788 e. The van der Waals surface area contributed by atoms with Crippen LogP contribution in [-0.2, 0) is 0 Å². The molecule has 0 aromatic rings. The van der Waals surface area contributed by atoms with Crippen molar-refractivity contribution in [1.29, 1.82) is 0 Å². The third kappa shape index (κ3) is 10.4. The largest absolute Gasteiger partial charge is 0.324 e. The second-order valence-electron chi connectivity index (χ2n) is 8.19.